The molecule has 0 atom stereocenters. The highest BCUT2D eigenvalue weighted by molar-refractivity contribution is 5.58. The summed E-state index contributed by atoms with van der Waals surface area (Å²) < 4.78 is 8.73. The van der Waals surface area contributed by atoms with Crippen molar-refractivity contribution in [3.63, 3.8) is 0 Å². The van der Waals surface area contributed by atoms with Crippen molar-refractivity contribution in [3.05, 3.63) is 34.5 Å². The Hall–Kier alpha value is -2.24. The molecule has 6 heteroatoms. The van der Waals surface area contributed by atoms with Crippen LogP contribution in [-0.2, 0) is 12.6 Å². The zero-order chi connectivity index (χ0) is 13.1. The number of ether oxygens (including phenoxy) is 1. The maximum absolute atomic E-state index is 12.1. The number of rotatable bonds is 0. The van der Waals surface area contributed by atoms with E-state index in [1.165, 1.54) is 4.68 Å². The van der Waals surface area contributed by atoms with Gasteiger partial charge in [-0.15, -0.1) is 0 Å². The molecule has 0 unspecified atom stereocenters. The standard InChI is InChI=1S/C12H14N4O2/c1-12(2)10-14-15(3)11(17)16(10)8-6-7(13)4-5-9(8)18-12/h4-6H,13H2,1-3H3. The molecule has 0 aliphatic carbocycles. The Morgan fingerprint density at radius 2 is 2.11 bits per heavy atom. The van der Waals surface area contributed by atoms with Gasteiger partial charge in [0.05, 0.1) is 5.69 Å². The summed E-state index contributed by atoms with van der Waals surface area (Å²) in [7, 11) is 1.62. The molecule has 0 bridgehead atoms. The van der Waals surface area contributed by atoms with Crippen molar-refractivity contribution >= 4 is 5.69 Å². The lowest BCUT2D eigenvalue weighted by atomic mass is 10.1. The minimum Gasteiger partial charge on any atom is -0.478 e. The van der Waals surface area contributed by atoms with Crippen molar-refractivity contribution in [2.75, 3.05) is 5.73 Å². The number of nitrogens with two attached hydrogens (primary N) is 1. The van der Waals surface area contributed by atoms with Gasteiger partial charge in [0.25, 0.3) is 0 Å². The second-order valence-corrected chi connectivity index (χ2v) is 4.90. The lowest BCUT2D eigenvalue weighted by Crippen LogP contribution is -2.36. The second kappa shape index (κ2) is 3.16. The highest BCUT2D eigenvalue weighted by Crippen LogP contribution is 2.37. The Morgan fingerprint density at radius 3 is 2.83 bits per heavy atom. The third-order valence-corrected chi connectivity index (χ3v) is 3.05. The molecule has 1 aliphatic heterocycles. The molecule has 2 N–H and O–H groups in total. The average Bonchev–Trinajstić information content (AvgIpc) is 2.59. The summed E-state index contributed by atoms with van der Waals surface area (Å²) in [5.41, 5.74) is 6.14. The first kappa shape index (κ1) is 10.9. The monoisotopic (exact) mass is 246 g/mol. The van der Waals surface area contributed by atoms with Gasteiger partial charge in [0, 0.05) is 12.7 Å². The molecule has 0 spiro atoms. The zero-order valence-electron chi connectivity index (χ0n) is 10.5. The minimum atomic E-state index is -0.649. The largest absolute Gasteiger partial charge is 0.478 e. The van der Waals surface area contributed by atoms with E-state index in [9.17, 15) is 4.79 Å². The molecule has 0 radical (unpaired) electrons. The van der Waals surface area contributed by atoms with Crippen LogP contribution in [-0.4, -0.2) is 14.3 Å². The summed E-state index contributed by atoms with van der Waals surface area (Å²) in [6, 6.07) is 5.24. The smallest absolute Gasteiger partial charge is 0.350 e. The van der Waals surface area contributed by atoms with Crippen LogP contribution in [0.25, 0.3) is 5.69 Å². The van der Waals surface area contributed by atoms with Crippen LogP contribution < -0.4 is 16.2 Å². The summed E-state index contributed by atoms with van der Waals surface area (Å²) in [6.45, 7) is 3.76. The van der Waals surface area contributed by atoms with Crippen LogP contribution in [0.5, 0.6) is 5.75 Å². The normalized spacial score (nSPS) is 15.7. The maximum Gasteiger partial charge on any atom is 0.350 e. The van der Waals surface area contributed by atoms with Gasteiger partial charge in [-0.05, 0) is 32.0 Å². The Labute approximate surface area is 104 Å². The number of aryl methyl sites for hydroxylation is 1. The van der Waals surface area contributed by atoms with Gasteiger partial charge in [0.15, 0.2) is 11.4 Å². The molecule has 1 aromatic heterocycles. The fourth-order valence-electron chi connectivity index (χ4n) is 2.19. The van der Waals surface area contributed by atoms with Gasteiger partial charge >= 0.3 is 5.69 Å². The summed E-state index contributed by atoms with van der Waals surface area (Å²) in [5.74, 6) is 1.21. The van der Waals surface area contributed by atoms with Gasteiger partial charge < -0.3 is 10.5 Å². The molecule has 0 amide bonds. The van der Waals surface area contributed by atoms with Gasteiger partial charge in [0.1, 0.15) is 5.75 Å². The molecule has 1 aromatic carbocycles. The summed E-state index contributed by atoms with van der Waals surface area (Å²) in [6.07, 6.45) is 0. The third-order valence-electron chi connectivity index (χ3n) is 3.05. The van der Waals surface area contributed by atoms with Crippen LogP contribution in [0.1, 0.15) is 19.7 Å². The Bertz CT molecular complexity index is 697. The van der Waals surface area contributed by atoms with E-state index < -0.39 is 5.60 Å². The topological polar surface area (TPSA) is 75.1 Å². The Kier molecular flexibility index (Phi) is 1.91. The van der Waals surface area contributed by atoms with Crippen molar-refractivity contribution < 1.29 is 4.74 Å². The predicted octanol–water partition coefficient (Wildman–Crippen LogP) is 0.781. The van der Waals surface area contributed by atoms with Crippen molar-refractivity contribution in [2.24, 2.45) is 7.05 Å². The lowest BCUT2D eigenvalue weighted by Gasteiger charge is -2.31. The van der Waals surface area contributed by atoms with Crippen molar-refractivity contribution in [2.45, 2.75) is 19.4 Å². The molecule has 0 saturated heterocycles. The molecule has 2 heterocycles. The van der Waals surface area contributed by atoms with Crippen LogP contribution in [0, 0.1) is 0 Å². The third kappa shape index (κ3) is 1.28. The fraction of sp³-hybridized carbons (Fsp3) is 0.333. The zero-order valence-corrected chi connectivity index (χ0v) is 10.5. The molecule has 18 heavy (non-hydrogen) atoms. The Morgan fingerprint density at radius 1 is 1.39 bits per heavy atom. The first-order valence-corrected chi connectivity index (χ1v) is 5.65. The van der Waals surface area contributed by atoms with E-state index >= 15 is 0 Å². The van der Waals surface area contributed by atoms with Gasteiger partial charge in [-0.25, -0.2) is 14.0 Å². The minimum absolute atomic E-state index is 0.201. The van der Waals surface area contributed by atoms with Gasteiger partial charge in [-0.2, -0.15) is 5.10 Å². The summed E-state index contributed by atoms with van der Waals surface area (Å²) in [5, 5.41) is 4.23. The Balaban J connectivity index is 2.41. The van der Waals surface area contributed by atoms with E-state index in [4.69, 9.17) is 10.5 Å². The van der Waals surface area contributed by atoms with Crippen LogP contribution in [0.2, 0.25) is 0 Å². The van der Waals surface area contributed by atoms with E-state index in [1.807, 2.05) is 13.8 Å². The number of hydrogen-bond donors (Lipinski definition) is 1. The van der Waals surface area contributed by atoms with Crippen LogP contribution in [0.15, 0.2) is 23.0 Å². The fourth-order valence-corrected chi connectivity index (χ4v) is 2.19. The molecule has 0 fully saturated rings. The number of fused-ring (bicyclic) bond motifs is 3. The number of nitrogen functional groups attached to an aromatic ring is 1. The molecule has 3 rings (SSSR count). The first-order valence-electron chi connectivity index (χ1n) is 5.65. The predicted molar refractivity (Wildman–Crippen MR) is 66.9 cm³/mol. The van der Waals surface area contributed by atoms with E-state index in [1.54, 1.807) is 29.8 Å². The molecule has 1 aliphatic rings. The lowest BCUT2D eigenvalue weighted by molar-refractivity contribution is 0.0862. The molecular weight excluding hydrogens is 232 g/mol. The number of hydrogen-bond acceptors (Lipinski definition) is 4. The highest BCUT2D eigenvalue weighted by atomic mass is 16.5. The first-order chi connectivity index (χ1) is 8.40. The maximum atomic E-state index is 12.1. The molecule has 0 saturated carbocycles. The SMILES string of the molecule is Cn1nc2n(c1=O)-c1cc(N)ccc1OC2(C)C. The van der Waals surface area contributed by atoms with Crippen LogP contribution in [0.4, 0.5) is 5.69 Å². The number of aromatic nitrogens is 3. The molecular formula is C12H14N4O2. The average molecular weight is 246 g/mol. The number of benzene rings is 1. The van der Waals surface area contributed by atoms with Crippen molar-refractivity contribution in [3.8, 4) is 11.4 Å². The molecule has 94 valence electrons. The van der Waals surface area contributed by atoms with Gasteiger partial charge in [-0.3, -0.25) is 0 Å². The number of nitrogens with zero attached hydrogens (tertiary/aromatic N) is 3. The van der Waals surface area contributed by atoms with Crippen molar-refractivity contribution in [1.82, 2.24) is 14.3 Å². The van der Waals surface area contributed by atoms with Crippen LogP contribution >= 0.6 is 0 Å². The van der Waals surface area contributed by atoms with E-state index in [-0.39, 0.29) is 5.69 Å². The van der Waals surface area contributed by atoms with E-state index in [0.29, 0.717) is 22.9 Å². The van der Waals surface area contributed by atoms with E-state index in [0.717, 1.165) is 0 Å². The molecule has 6 nitrogen and oxygen atoms in total. The molecule has 2 aromatic rings. The highest BCUT2D eigenvalue weighted by Gasteiger charge is 2.37. The second-order valence-electron chi connectivity index (χ2n) is 4.90. The van der Waals surface area contributed by atoms with E-state index in [2.05, 4.69) is 5.10 Å². The van der Waals surface area contributed by atoms with Crippen molar-refractivity contribution in [1.29, 1.82) is 0 Å². The summed E-state index contributed by atoms with van der Waals surface area (Å²) >= 11 is 0. The van der Waals surface area contributed by atoms with Crippen LogP contribution in [0.3, 0.4) is 0 Å². The number of anilines is 1. The van der Waals surface area contributed by atoms with Gasteiger partial charge in [0.2, 0.25) is 0 Å². The quantitative estimate of drug-likeness (QED) is 0.697. The van der Waals surface area contributed by atoms with Gasteiger partial charge in [-0.1, -0.05) is 0 Å². The summed E-state index contributed by atoms with van der Waals surface area (Å²) in [4.78, 5) is 12.1.